The minimum Gasteiger partial charge on any atom is -0.324 e. The van der Waals surface area contributed by atoms with Crippen LogP contribution in [0.4, 0.5) is 0 Å². The van der Waals surface area contributed by atoms with Crippen molar-refractivity contribution in [3.63, 3.8) is 0 Å². The van der Waals surface area contributed by atoms with E-state index in [1.165, 1.54) is 19.4 Å². The number of likely N-dealkylation sites (N-methyl/N-ethyl adjacent to an activating group) is 1. The largest absolute Gasteiger partial charge is 0.324 e. The minimum absolute atomic E-state index is 0.00309. The van der Waals surface area contributed by atoms with E-state index in [1.807, 2.05) is 11.8 Å². The Balaban J connectivity index is 1.99. The Morgan fingerprint density at radius 3 is 2.81 bits per heavy atom. The maximum Gasteiger partial charge on any atom is 0.240 e. The van der Waals surface area contributed by atoms with Gasteiger partial charge >= 0.3 is 0 Å². The van der Waals surface area contributed by atoms with Gasteiger partial charge in [0.25, 0.3) is 0 Å². The van der Waals surface area contributed by atoms with Crippen LogP contribution in [0.5, 0.6) is 0 Å². The van der Waals surface area contributed by atoms with Gasteiger partial charge in [0.1, 0.15) is 0 Å². The lowest BCUT2D eigenvalue weighted by molar-refractivity contribution is -0.130. The van der Waals surface area contributed by atoms with E-state index in [4.69, 9.17) is 0 Å². The fourth-order valence-corrected chi connectivity index (χ4v) is 2.84. The number of nitrogens with one attached hydrogen (secondary N) is 1. The van der Waals surface area contributed by atoms with Gasteiger partial charge in [0.2, 0.25) is 5.91 Å². The fourth-order valence-electron chi connectivity index (χ4n) is 2.84. The second-order valence-corrected chi connectivity index (χ2v) is 5.08. The Bertz CT molecular complexity index is 269. The Kier molecular flexibility index (Phi) is 3.50. The molecule has 0 aromatic rings. The average Bonchev–Trinajstić information content (AvgIpc) is 2.78. The molecule has 2 rings (SSSR count). The van der Waals surface area contributed by atoms with E-state index < -0.39 is 0 Å². The van der Waals surface area contributed by atoms with Crippen molar-refractivity contribution in [3.8, 4) is 0 Å². The number of rotatable bonds is 3. The normalized spacial score (nSPS) is 36.3. The van der Waals surface area contributed by atoms with Gasteiger partial charge in [-0.05, 0) is 39.8 Å². The number of hydrogen-bond acceptors (Lipinski definition) is 3. The van der Waals surface area contributed by atoms with Crippen LogP contribution in [0, 0.1) is 0 Å². The number of likely N-dealkylation sites (tertiary alicyclic amines) is 1. The van der Waals surface area contributed by atoms with Crippen LogP contribution < -0.4 is 5.32 Å². The number of amides is 1. The van der Waals surface area contributed by atoms with Crippen LogP contribution in [0.15, 0.2) is 0 Å². The zero-order valence-corrected chi connectivity index (χ0v) is 10.6. The maximum atomic E-state index is 12.0. The molecule has 2 aliphatic heterocycles. The van der Waals surface area contributed by atoms with Gasteiger partial charge in [-0.15, -0.1) is 0 Å². The molecule has 0 aliphatic carbocycles. The van der Waals surface area contributed by atoms with Gasteiger partial charge in [-0.3, -0.25) is 10.1 Å². The Labute approximate surface area is 98.0 Å². The molecule has 1 amide bonds. The monoisotopic (exact) mass is 225 g/mol. The summed E-state index contributed by atoms with van der Waals surface area (Å²) in [5.41, 5.74) is 0. The quantitative estimate of drug-likeness (QED) is 0.765. The molecule has 0 bridgehead atoms. The van der Waals surface area contributed by atoms with Gasteiger partial charge in [0.15, 0.2) is 0 Å². The summed E-state index contributed by atoms with van der Waals surface area (Å²) >= 11 is 0. The zero-order chi connectivity index (χ0) is 11.7. The highest BCUT2D eigenvalue weighted by Gasteiger charge is 2.37. The minimum atomic E-state index is -0.00309. The molecule has 4 heteroatoms. The molecule has 0 spiro atoms. The molecule has 4 nitrogen and oxygen atoms in total. The third kappa shape index (κ3) is 2.09. The first-order chi connectivity index (χ1) is 7.63. The first kappa shape index (κ1) is 11.9. The van der Waals surface area contributed by atoms with Crippen molar-refractivity contribution < 1.29 is 4.79 Å². The zero-order valence-electron chi connectivity index (χ0n) is 10.6. The molecule has 3 atom stereocenters. The second-order valence-electron chi connectivity index (χ2n) is 5.08. The lowest BCUT2D eigenvalue weighted by Crippen LogP contribution is -2.44. The van der Waals surface area contributed by atoms with Crippen LogP contribution in [-0.2, 0) is 4.79 Å². The van der Waals surface area contributed by atoms with E-state index in [1.54, 1.807) is 0 Å². The molecule has 2 fully saturated rings. The molecule has 3 unspecified atom stereocenters. The van der Waals surface area contributed by atoms with Gasteiger partial charge in [0.05, 0.1) is 12.2 Å². The number of carbonyl (C=O) groups is 1. The van der Waals surface area contributed by atoms with Crippen molar-refractivity contribution in [1.29, 1.82) is 0 Å². The second kappa shape index (κ2) is 4.72. The molecule has 2 aliphatic rings. The number of nitrogens with zero attached hydrogens (tertiary/aromatic N) is 2. The number of carbonyl (C=O) groups excluding carboxylic acids is 1. The van der Waals surface area contributed by atoms with E-state index in [0.717, 1.165) is 13.0 Å². The van der Waals surface area contributed by atoms with Crippen molar-refractivity contribution in [2.75, 3.05) is 20.1 Å². The van der Waals surface area contributed by atoms with Gasteiger partial charge in [-0.1, -0.05) is 6.92 Å². The Morgan fingerprint density at radius 1 is 1.50 bits per heavy atom. The smallest absolute Gasteiger partial charge is 0.240 e. The molecular weight excluding hydrogens is 202 g/mol. The summed E-state index contributed by atoms with van der Waals surface area (Å²) in [7, 11) is 2.16. The topological polar surface area (TPSA) is 35.6 Å². The molecule has 0 aromatic heterocycles. The van der Waals surface area contributed by atoms with Gasteiger partial charge in [-0.2, -0.15) is 0 Å². The lowest BCUT2D eigenvalue weighted by Gasteiger charge is -2.29. The molecule has 0 aromatic carbocycles. The summed E-state index contributed by atoms with van der Waals surface area (Å²) < 4.78 is 0. The summed E-state index contributed by atoms with van der Waals surface area (Å²) in [6.45, 7) is 6.16. The van der Waals surface area contributed by atoms with Crippen molar-refractivity contribution in [2.45, 2.75) is 51.4 Å². The molecular formula is C12H23N3O. The van der Waals surface area contributed by atoms with Crippen molar-refractivity contribution in [1.82, 2.24) is 15.1 Å². The van der Waals surface area contributed by atoms with Crippen LogP contribution >= 0.6 is 0 Å². The highest BCUT2D eigenvalue weighted by atomic mass is 16.2. The molecule has 1 N–H and O–H groups in total. The number of hydrogen-bond donors (Lipinski definition) is 1. The van der Waals surface area contributed by atoms with Crippen molar-refractivity contribution in [3.05, 3.63) is 0 Å². The lowest BCUT2D eigenvalue weighted by atomic mass is 10.2. The summed E-state index contributed by atoms with van der Waals surface area (Å²) in [6.07, 6.45) is 3.73. The first-order valence-electron chi connectivity index (χ1n) is 6.40. The highest BCUT2D eigenvalue weighted by Crippen LogP contribution is 2.20. The van der Waals surface area contributed by atoms with Crippen LogP contribution in [0.25, 0.3) is 0 Å². The molecule has 2 saturated heterocycles. The van der Waals surface area contributed by atoms with E-state index in [-0.39, 0.29) is 18.1 Å². The summed E-state index contributed by atoms with van der Waals surface area (Å²) in [5, 5.41) is 3.35. The van der Waals surface area contributed by atoms with Gasteiger partial charge in [0, 0.05) is 12.6 Å². The van der Waals surface area contributed by atoms with Crippen LogP contribution in [0.2, 0.25) is 0 Å². The molecule has 16 heavy (non-hydrogen) atoms. The van der Waals surface area contributed by atoms with Crippen molar-refractivity contribution in [2.24, 2.45) is 0 Å². The highest BCUT2D eigenvalue weighted by molar-refractivity contribution is 5.83. The van der Waals surface area contributed by atoms with E-state index in [2.05, 4.69) is 24.2 Å². The maximum absolute atomic E-state index is 12.0. The third-order valence-corrected chi connectivity index (χ3v) is 3.94. The molecule has 0 saturated carbocycles. The van der Waals surface area contributed by atoms with E-state index in [0.29, 0.717) is 6.04 Å². The standard InChI is InChI=1S/C12H23N3O/c1-4-11-13-9(2)12(16)15(11)8-10-6-5-7-14(10)3/h9-11,13H,4-8H2,1-3H3. The molecule has 2 heterocycles. The van der Waals surface area contributed by atoms with E-state index >= 15 is 0 Å². The Hall–Kier alpha value is -0.610. The average molecular weight is 225 g/mol. The third-order valence-electron chi connectivity index (χ3n) is 3.94. The van der Waals surface area contributed by atoms with Gasteiger partial charge in [-0.25, -0.2) is 0 Å². The summed E-state index contributed by atoms with van der Waals surface area (Å²) in [6, 6.07) is 0.557. The molecule has 92 valence electrons. The van der Waals surface area contributed by atoms with Crippen LogP contribution in [-0.4, -0.2) is 54.1 Å². The predicted molar refractivity (Wildman–Crippen MR) is 64.0 cm³/mol. The van der Waals surface area contributed by atoms with Crippen molar-refractivity contribution >= 4 is 5.91 Å². The SMILES string of the molecule is CCC1NC(C)C(=O)N1CC1CCCN1C. The fraction of sp³-hybridized carbons (Fsp3) is 0.917. The van der Waals surface area contributed by atoms with Gasteiger partial charge < -0.3 is 9.80 Å². The van der Waals surface area contributed by atoms with E-state index in [9.17, 15) is 4.79 Å². The first-order valence-corrected chi connectivity index (χ1v) is 6.40. The Morgan fingerprint density at radius 2 is 2.25 bits per heavy atom. The molecule has 0 radical (unpaired) electrons. The predicted octanol–water partition coefficient (Wildman–Crippen LogP) is 0.637. The summed E-state index contributed by atoms with van der Waals surface area (Å²) in [4.78, 5) is 16.4. The summed E-state index contributed by atoms with van der Waals surface area (Å²) in [5.74, 6) is 0.271. The van der Waals surface area contributed by atoms with Crippen LogP contribution in [0.1, 0.15) is 33.1 Å². The van der Waals surface area contributed by atoms with Crippen LogP contribution in [0.3, 0.4) is 0 Å².